The molecule has 1 aliphatic heterocycles. The highest BCUT2D eigenvalue weighted by Gasteiger charge is 2.32. The number of hydrogen-bond acceptors (Lipinski definition) is 7. The second-order valence-corrected chi connectivity index (χ2v) is 6.77. The third-order valence-corrected chi connectivity index (χ3v) is 4.86. The fourth-order valence-electron chi connectivity index (χ4n) is 2.86. The Bertz CT molecular complexity index is 878. The van der Waals surface area contributed by atoms with Crippen molar-refractivity contribution in [3.63, 3.8) is 0 Å². The van der Waals surface area contributed by atoms with Crippen molar-refractivity contribution in [3.05, 3.63) is 52.4 Å². The van der Waals surface area contributed by atoms with Crippen LogP contribution in [0.15, 0.2) is 40.6 Å². The Hall–Kier alpha value is -2.58. The summed E-state index contributed by atoms with van der Waals surface area (Å²) in [6.45, 7) is 3.30. The van der Waals surface area contributed by atoms with Gasteiger partial charge in [0, 0.05) is 23.1 Å². The summed E-state index contributed by atoms with van der Waals surface area (Å²) in [6, 6.07) is 7.18. The zero-order chi connectivity index (χ0) is 17.2. The van der Waals surface area contributed by atoms with Crippen LogP contribution < -0.4 is 0 Å². The van der Waals surface area contributed by atoms with Crippen molar-refractivity contribution < 1.29 is 14.1 Å². The number of aryl methyl sites for hydroxylation is 1. The van der Waals surface area contributed by atoms with Gasteiger partial charge in [-0.2, -0.15) is 4.98 Å². The molecule has 25 heavy (non-hydrogen) atoms. The van der Waals surface area contributed by atoms with Gasteiger partial charge in [-0.15, -0.1) is 11.3 Å². The lowest BCUT2D eigenvalue weighted by atomic mass is 10.1. The molecule has 0 spiro atoms. The molecule has 4 rings (SSSR count). The van der Waals surface area contributed by atoms with Crippen molar-refractivity contribution >= 4 is 17.2 Å². The molecule has 1 fully saturated rings. The Morgan fingerprint density at radius 2 is 2.32 bits per heavy atom. The predicted octanol–water partition coefficient (Wildman–Crippen LogP) is 2.72. The van der Waals surface area contributed by atoms with Crippen molar-refractivity contribution in [2.75, 3.05) is 19.8 Å². The van der Waals surface area contributed by atoms with Crippen molar-refractivity contribution in [3.8, 4) is 11.3 Å². The van der Waals surface area contributed by atoms with Crippen LogP contribution >= 0.6 is 11.3 Å². The third-order valence-electron chi connectivity index (χ3n) is 4.09. The normalized spacial score (nSPS) is 17.6. The highest BCUT2D eigenvalue weighted by atomic mass is 32.1. The first-order valence-electron chi connectivity index (χ1n) is 7.90. The number of morpholine rings is 1. The summed E-state index contributed by atoms with van der Waals surface area (Å²) in [5.74, 6) is 0.381. The molecule has 1 aromatic carbocycles. The lowest BCUT2D eigenvalue weighted by Crippen LogP contribution is -2.43. The van der Waals surface area contributed by atoms with Gasteiger partial charge in [-0.3, -0.25) is 4.79 Å². The van der Waals surface area contributed by atoms with Gasteiger partial charge in [0.1, 0.15) is 6.04 Å². The average molecular weight is 356 g/mol. The first kappa shape index (κ1) is 15.9. The monoisotopic (exact) mass is 356 g/mol. The number of nitrogens with zero attached hydrogens (tertiary/aromatic N) is 4. The van der Waals surface area contributed by atoms with Crippen LogP contribution in [-0.4, -0.2) is 45.7 Å². The van der Waals surface area contributed by atoms with Crippen molar-refractivity contribution in [1.82, 2.24) is 20.0 Å². The number of benzene rings is 1. The maximum atomic E-state index is 13.1. The van der Waals surface area contributed by atoms with Crippen LogP contribution in [0.1, 0.15) is 27.2 Å². The van der Waals surface area contributed by atoms with Crippen molar-refractivity contribution in [2.24, 2.45) is 0 Å². The highest BCUT2D eigenvalue weighted by Crippen LogP contribution is 2.26. The van der Waals surface area contributed by atoms with Gasteiger partial charge in [0.15, 0.2) is 5.82 Å². The number of carbonyl (C=O) groups is 1. The Morgan fingerprint density at radius 3 is 3.08 bits per heavy atom. The highest BCUT2D eigenvalue weighted by molar-refractivity contribution is 7.09. The minimum absolute atomic E-state index is 0.0769. The second kappa shape index (κ2) is 6.73. The Balaban J connectivity index is 1.63. The molecule has 3 heterocycles. The van der Waals surface area contributed by atoms with E-state index in [-0.39, 0.29) is 11.9 Å². The van der Waals surface area contributed by atoms with Gasteiger partial charge < -0.3 is 14.2 Å². The molecule has 1 atom stereocenters. The van der Waals surface area contributed by atoms with Crippen LogP contribution in [-0.2, 0) is 4.74 Å². The number of thiazole rings is 1. The van der Waals surface area contributed by atoms with E-state index in [2.05, 4.69) is 15.1 Å². The molecule has 0 bridgehead atoms. The Morgan fingerprint density at radius 1 is 1.40 bits per heavy atom. The van der Waals surface area contributed by atoms with E-state index < -0.39 is 0 Å². The molecule has 0 N–H and O–H groups in total. The first-order chi connectivity index (χ1) is 12.2. The van der Waals surface area contributed by atoms with E-state index in [1.807, 2.05) is 36.6 Å². The van der Waals surface area contributed by atoms with Crippen LogP contribution in [0.5, 0.6) is 0 Å². The van der Waals surface area contributed by atoms with Gasteiger partial charge in [-0.05, 0) is 19.1 Å². The van der Waals surface area contributed by atoms with E-state index >= 15 is 0 Å². The summed E-state index contributed by atoms with van der Waals surface area (Å²) in [5, 5.41) is 6.86. The van der Waals surface area contributed by atoms with Gasteiger partial charge in [0.05, 0.1) is 23.9 Å². The topological polar surface area (TPSA) is 81.4 Å². The van der Waals surface area contributed by atoms with Gasteiger partial charge in [0.25, 0.3) is 5.91 Å². The smallest absolute Gasteiger partial charge is 0.254 e. The van der Waals surface area contributed by atoms with Gasteiger partial charge in [0.2, 0.25) is 6.39 Å². The standard InChI is InChI=1S/C17H16N4O3S/c1-11-19-14(9-25-11)12-3-2-4-13(7-12)17(22)21-5-6-23-8-15(21)16-18-10-24-20-16/h2-4,7,9-10,15H,5-6,8H2,1H3/t15-/m0/s1. The summed E-state index contributed by atoms with van der Waals surface area (Å²) in [5.41, 5.74) is 2.42. The lowest BCUT2D eigenvalue weighted by Gasteiger charge is -2.33. The number of ether oxygens (including phenoxy) is 1. The fourth-order valence-corrected chi connectivity index (χ4v) is 3.48. The number of carbonyl (C=O) groups excluding carboxylic acids is 1. The van der Waals surface area contributed by atoms with E-state index in [1.165, 1.54) is 6.39 Å². The number of aromatic nitrogens is 3. The fraction of sp³-hybridized carbons (Fsp3) is 0.294. The van der Waals surface area contributed by atoms with E-state index in [9.17, 15) is 4.79 Å². The number of rotatable bonds is 3. The maximum absolute atomic E-state index is 13.1. The zero-order valence-corrected chi connectivity index (χ0v) is 14.4. The molecule has 7 nitrogen and oxygen atoms in total. The third kappa shape index (κ3) is 3.18. The summed E-state index contributed by atoms with van der Waals surface area (Å²) in [7, 11) is 0. The van der Waals surface area contributed by atoms with Crippen LogP contribution in [0, 0.1) is 6.92 Å². The summed E-state index contributed by atoms with van der Waals surface area (Å²) in [4.78, 5) is 23.4. The minimum Gasteiger partial charge on any atom is -0.377 e. The van der Waals surface area contributed by atoms with Gasteiger partial charge in [-0.25, -0.2) is 4.98 Å². The summed E-state index contributed by atoms with van der Waals surface area (Å²) >= 11 is 1.59. The molecule has 0 unspecified atom stereocenters. The van der Waals surface area contributed by atoms with Crippen LogP contribution in [0.3, 0.4) is 0 Å². The van der Waals surface area contributed by atoms with Crippen LogP contribution in [0.2, 0.25) is 0 Å². The molecule has 128 valence electrons. The van der Waals surface area contributed by atoms with E-state index in [1.54, 1.807) is 16.2 Å². The van der Waals surface area contributed by atoms with Gasteiger partial charge in [-0.1, -0.05) is 17.3 Å². The van der Waals surface area contributed by atoms with E-state index in [0.717, 1.165) is 16.3 Å². The summed E-state index contributed by atoms with van der Waals surface area (Å²) < 4.78 is 10.3. The maximum Gasteiger partial charge on any atom is 0.254 e. The molecule has 3 aromatic rings. The Labute approximate surface area is 148 Å². The minimum atomic E-state index is -0.342. The number of amides is 1. The Kier molecular flexibility index (Phi) is 4.29. The number of hydrogen-bond donors (Lipinski definition) is 0. The van der Waals surface area contributed by atoms with Crippen LogP contribution in [0.4, 0.5) is 0 Å². The average Bonchev–Trinajstić information content (AvgIpc) is 3.33. The zero-order valence-electron chi connectivity index (χ0n) is 13.6. The molecule has 1 aliphatic rings. The molecule has 0 radical (unpaired) electrons. The molecule has 1 saturated heterocycles. The van der Waals surface area contributed by atoms with Crippen LogP contribution in [0.25, 0.3) is 11.3 Å². The summed E-state index contributed by atoms with van der Waals surface area (Å²) in [6.07, 6.45) is 1.26. The molecular weight excluding hydrogens is 340 g/mol. The predicted molar refractivity (Wildman–Crippen MR) is 91.2 cm³/mol. The van der Waals surface area contributed by atoms with Crippen molar-refractivity contribution in [2.45, 2.75) is 13.0 Å². The molecule has 0 saturated carbocycles. The van der Waals surface area contributed by atoms with Crippen molar-refractivity contribution in [1.29, 1.82) is 0 Å². The molecule has 0 aliphatic carbocycles. The SMILES string of the molecule is Cc1nc(-c2cccc(C(=O)N3CCOC[C@H]3c3ncon3)c2)cs1. The second-order valence-electron chi connectivity index (χ2n) is 5.71. The molecule has 8 heteroatoms. The quantitative estimate of drug-likeness (QED) is 0.718. The van der Waals surface area contributed by atoms with E-state index in [0.29, 0.717) is 31.1 Å². The molecular formula is C17H16N4O3S. The lowest BCUT2D eigenvalue weighted by molar-refractivity contribution is -0.00576. The molecule has 2 aromatic heterocycles. The van der Waals surface area contributed by atoms with Gasteiger partial charge >= 0.3 is 0 Å². The largest absolute Gasteiger partial charge is 0.377 e. The first-order valence-corrected chi connectivity index (χ1v) is 8.78. The van der Waals surface area contributed by atoms with E-state index in [4.69, 9.17) is 9.26 Å². The molecule has 1 amide bonds.